The molecule has 3 aromatic rings. The van der Waals surface area contributed by atoms with Crippen LogP contribution in [0.1, 0.15) is 5.56 Å². The summed E-state index contributed by atoms with van der Waals surface area (Å²) in [5.41, 5.74) is 3.38. The molecule has 0 aliphatic carbocycles. The highest BCUT2D eigenvalue weighted by Gasteiger charge is 2.09. The zero-order valence-corrected chi connectivity index (χ0v) is 9.14. The standard InChI is InChI=1S/C14H13NO/c1-15-12-7-3-2-6-11(12)14-10(9-16)5-4-8-13(14)15/h2-8,16H,9H2,1H3. The van der Waals surface area contributed by atoms with Gasteiger partial charge in [-0.3, -0.25) is 0 Å². The fourth-order valence-electron chi connectivity index (χ4n) is 2.42. The summed E-state index contributed by atoms with van der Waals surface area (Å²) in [6.45, 7) is 0.0886. The number of benzene rings is 2. The number of aliphatic hydroxyl groups is 1. The lowest BCUT2D eigenvalue weighted by Crippen LogP contribution is -1.87. The maximum absolute atomic E-state index is 9.40. The molecule has 0 spiro atoms. The molecule has 0 atom stereocenters. The summed E-state index contributed by atoms with van der Waals surface area (Å²) < 4.78 is 2.17. The summed E-state index contributed by atoms with van der Waals surface area (Å²) in [5.74, 6) is 0. The molecule has 0 aliphatic rings. The van der Waals surface area contributed by atoms with Crippen LogP contribution in [0, 0.1) is 0 Å². The van der Waals surface area contributed by atoms with Crippen LogP contribution >= 0.6 is 0 Å². The number of aliphatic hydroxyl groups excluding tert-OH is 1. The molecule has 0 radical (unpaired) electrons. The third-order valence-electron chi connectivity index (χ3n) is 3.20. The number of hydrogen-bond donors (Lipinski definition) is 1. The molecular weight excluding hydrogens is 198 g/mol. The van der Waals surface area contributed by atoms with E-state index in [1.165, 1.54) is 21.8 Å². The van der Waals surface area contributed by atoms with Gasteiger partial charge in [-0.15, -0.1) is 0 Å². The summed E-state index contributed by atoms with van der Waals surface area (Å²) in [7, 11) is 2.06. The van der Waals surface area contributed by atoms with Crippen LogP contribution < -0.4 is 0 Å². The van der Waals surface area contributed by atoms with Gasteiger partial charge in [0, 0.05) is 28.9 Å². The Balaban J connectivity index is 2.62. The van der Waals surface area contributed by atoms with Gasteiger partial charge in [0.25, 0.3) is 0 Å². The lowest BCUT2D eigenvalue weighted by molar-refractivity contribution is 0.283. The van der Waals surface area contributed by atoms with E-state index in [4.69, 9.17) is 0 Å². The van der Waals surface area contributed by atoms with E-state index in [1.54, 1.807) is 0 Å². The monoisotopic (exact) mass is 211 g/mol. The van der Waals surface area contributed by atoms with Gasteiger partial charge < -0.3 is 9.67 Å². The van der Waals surface area contributed by atoms with Crippen molar-refractivity contribution in [1.82, 2.24) is 4.57 Å². The van der Waals surface area contributed by atoms with E-state index in [0.29, 0.717) is 0 Å². The minimum atomic E-state index is 0.0886. The van der Waals surface area contributed by atoms with E-state index >= 15 is 0 Å². The number of hydrogen-bond acceptors (Lipinski definition) is 1. The van der Waals surface area contributed by atoms with Gasteiger partial charge in [-0.2, -0.15) is 0 Å². The SMILES string of the molecule is Cn1c2ccccc2c2c(CO)cccc21. The van der Waals surface area contributed by atoms with E-state index in [-0.39, 0.29) is 6.61 Å². The zero-order chi connectivity index (χ0) is 11.1. The van der Waals surface area contributed by atoms with Crippen LogP contribution in [-0.2, 0) is 13.7 Å². The van der Waals surface area contributed by atoms with Crippen molar-refractivity contribution in [3.63, 3.8) is 0 Å². The minimum absolute atomic E-state index is 0.0886. The molecule has 3 rings (SSSR count). The van der Waals surface area contributed by atoms with E-state index in [9.17, 15) is 5.11 Å². The van der Waals surface area contributed by atoms with Crippen molar-refractivity contribution in [2.75, 3.05) is 0 Å². The van der Waals surface area contributed by atoms with Crippen molar-refractivity contribution in [1.29, 1.82) is 0 Å². The molecule has 80 valence electrons. The molecule has 1 N–H and O–H groups in total. The molecule has 0 aliphatic heterocycles. The maximum atomic E-state index is 9.40. The summed E-state index contributed by atoms with van der Waals surface area (Å²) in [4.78, 5) is 0. The summed E-state index contributed by atoms with van der Waals surface area (Å²) in [5, 5.41) is 11.8. The van der Waals surface area contributed by atoms with Gasteiger partial charge in [0.15, 0.2) is 0 Å². The van der Waals surface area contributed by atoms with Crippen LogP contribution in [0.4, 0.5) is 0 Å². The van der Waals surface area contributed by atoms with Crippen LogP contribution in [0.15, 0.2) is 42.5 Å². The molecule has 2 aromatic carbocycles. The highest BCUT2D eigenvalue weighted by Crippen LogP contribution is 2.30. The Hall–Kier alpha value is -1.80. The number of aromatic nitrogens is 1. The summed E-state index contributed by atoms with van der Waals surface area (Å²) >= 11 is 0. The Bertz CT molecular complexity index is 667. The van der Waals surface area contributed by atoms with Gasteiger partial charge in [0.05, 0.1) is 6.61 Å². The fraction of sp³-hybridized carbons (Fsp3) is 0.143. The third-order valence-corrected chi connectivity index (χ3v) is 3.20. The second-order valence-corrected chi connectivity index (χ2v) is 4.05. The minimum Gasteiger partial charge on any atom is -0.392 e. The van der Waals surface area contributed by atoms with Crippen molar-refractivity contribution in [2.24, 2.45) is 7.05 Å². The van der Waals surface area contributed by atoms with Gasteiger partial charge in [0.2, 0.25) is 0 Å². The van der Waals surface area contributed by atoms with Gasteiger partial charge >= 0.3 is 0 Å². The van der Waals surface area contributed by atoms with Crippen molar-refractivity contribution < 1.29 is 5.11 Å². The van der Waals surface area contributed by atoms with E-state index in [1.807, 2.05) is 24.3 Å². The number of para-hydroxylation sites is 1. The van der Waals surface area contributed by atoms with Gasteiger partial charge in [-0.25, -0.2) is 0 Å². The molecule has 2 heteroatoms. The number of rotatable bonds is 1. The first-order valence-corrected chi connectivity index (χ1v) is 5.39. The average Bonchev–Trinajstić information content (AvgIpc) is 2.64. The van der Waals surface area contributed by atoms with Gasteiger partial charge in [-0.05, 0) is 17.7 Å². The van der Waals surface area contributed by atoms with Gasteiger partial charge in [-0.1, -0.05) is 30.3 Å². The maximum Gasteiger partial charge on any atom is 0.0688 e. The van der Waals surface area contributed by atoms with E-state index in [2.05, 4.69) is 29.8 Å². The van der Waals surface area contributed by atoms with Crippen molar-refractivity contribution in [3.05, 3.63) is 48.0 Å². The molecule has 0 fully saturated rings. The Morgan fingerprint density at radius 1 is 1.00 bits per heavy atom. The molecule has 0 bridgehead atoms. The molecule has 2 nitrogen and oxygen atoms in total. The second-order valence-electron chi connectivity index (χ2n) is 4.05. The third kappa shape index (κ3) is 1.11. The van der Waals surface area contributed by atoms with Crippen molar-refractivity contribution in [3.8, 4) is 0 Å². The van der Waals surface area contributed by atoms with E-state index < -0.39 is 0 Å². The highest BCUT2D eigenvalue weighted by molar-refractivity contribution is 6.09. The normalized spacial score (nSPS) is 11.4. The smallest absolute Gasteiger partial charge is 0.0688 e. The van der Waals surface area contributed by atoms with Crippen LogP contribution in [-0.4, -0.2) is 9.67 Å². The average molecular weight is 211 g/mol. The lowest BCUT2D eigenvalue weighted by Gasteiger charge is -2.00. The van der Waals surface area contributed by atoms with Crippen molar-refractivity contribution >= 4 is 21.8 Å². The Morgan fingerprint density at radius 3 is 2.56 bits per heavy atom. The number of nitrogens with zero attached hydrogens (tertiary/aromatic N) is 1. The number of aryl methyl sites for hydroxylation is 1. The first kappa shape index (κ1) is 9.43. The number of fused-ring (bicyclic) bond motifs is 3. The molecule has 0 saturated carbocycles. The Labute approximate surface area is 93.7 Å². The van der Waals surface area contributed by atoms with Crippen LogP contribution in [0.25, 0.3) is 21.8 Å². The highest BCUT2D eigenvalue weighted by atomic mass is 16.3. The molecule has 1 heterocycles. The molecule has 1 aromatic heterocycles. The first-order valence-electron chi connectivity index (χ1n) is 5.39. The van der Waals surface area contributed by atoms with Crippen LogP contribution in [0.3, 0.4) is 0 Å². The van der Waals surface area contributed by atoms with Crippen molar-refractivity contribution in [2.45, 2.75) is 6.61 Å². The topological polar surface area (TPSA) is 25.2 Å². The molecule has 16 heavy (non-hydrogen) atoms. The molecular formula is C14H13NO. The summed E-state index contributed by atoms with van der Waals surface area (Å²) in [6.07, 6.45) is 0. The first-order chi connectivity index (χ1) is 7.83. The predicted octanol–water partition coefficient (Wildman–Crippen LogP) is 2.82. The van der Waals surface area contributed by atoms with Crippen LogP contribution in [0.2, 0.25) is 0 Å². The Morgan fingerprint density at radius 2 is 1.75 bits per heavy atom. The quantitative estimate of drug-likeness (QED) is 0.658. The van der Waals surface area contributed by atoms with E-state index in [0.717, 1.165) is 5.56 Å². The molecule has 0 unspecified atom stereocenters. The lowest BCUT2D eigenvalue weighted by atomic mass is 10.1. The zero-order valence-electron chi connectivity index (χ0n) is 9.14. The predicted molar refractivity (Wildman–Crippen MR) is 66.3 cm³/mol. The second kappa shape index (κ2) is 3.35. The summed E-state index contributed by atoms with van der Waals surface area (Å²) in [6, 6.07) is 14.4. The largest absolute Gasteiger partial charge is 0.392 e. The Kier molecular flexibility index (Phi) is 1.98. The fourth-order valence-corrected chi connectivity index (χ4v) is 2.42. The molecule has 0 amide bonds. The van der Waals surface area contributed by atoms with Gasteiger partial charge in [0.1, 0.15) is 0 Å². The van der Waals surface area contributed by atoms with Crippen LogP contribution in [0.5, 0.6) is 0 Å². The molecule has 0 saturated heterocycles.